The molecule has 1 saturated heterocycles. The van der Waals surface area contributed by atoms with Gasteiger partial charge in [-0.1, -0.05) is 28.1 Å². The first-order valence-electron chi connectivity index (χ1n) is 7.66. The summed E-state index contributed by atoms with van der Waals surface area (Å²) in [6, 6.07) is 11.5. The Hall–Kier alpha value is -2.05. The molecule has 2 aromatic carbocycles. The number of rotatable bonds is 3. The van der Waals surface area contributed by atoms with E-state index >= 15 is 0 Å². The van der Waals surface area contributed by atoms with Crippen LogP contribution in [0.15, 0.2) is 50.8 Å². The number of nitrogens with one attached hydrogen (secondary N) is 1. The maximum absolute atomic E-state index is 12.2. The molecule has 1 amide bonds. The number of carbonyl (C=O) groups excluding carboxylic acids is 1. The van der Waals surface area contributed by atoms with Crippen molar-refractivity contribution in [3.8, 4) is 5.75 Å². The van der Waals surface area contributed by atoms with Crippen LogP contribution >= 0.6 is 27.7 Å². The topological polar surface area (TPSA) is 50.7 Å². The zero-order valence-electron chi connectivity index (χ0n) is 14.1. The maximum atomic E-state index is 12.2. The molecule has 1 N–H and O–H groups in total. The SMILES string of the molecule is COc1ccc(/C=C2\SC(=Nc3cc(C)c(Br)c(C)c3)NC2=O)cc1. The molecule has 1 fully saturated rings. The summed E-state index contributed by atoms with van der Waals surface area (Å²) >= 11 is 4.89. The van der Waals surface area contributed by atoms with Crippen molar-refractivity contribution >= 4 is 50.5 Å². The lowest BCUT2D eigenvalue weighted by molar-refractivity contribution is -0.115. The first-order chi connectivity index (χ1) is 12.0. The predicted molar refractivity (Wildman–Crippen MR) is 107 cm³/mol. The van der Waals surface area contributed by atoms with E-state index in [1.807, 2.05) is 56.3 Å². The van der Waals surface area contributed by atoms with Crippen LogP contribution in [0, 0.1) is 13.8 Å². The summed E-state index contributed by atoms with van der Waals surface area (Å²) in [5.41, 5.74) is 3.99. The Balaban J connectivity index is 1.83. The highest BCUT2D eigenvalue weighted by atomic mass is 79.9. The lowest BCUT2D eigenvalue weighted by atomic mass is 10.1. The lowest BCUT2D eigenvalue weighted by Crippen LogP contribution is -2.19. The average molecular weight is 417 g/mol. The number of carbonyl (C=O) groups is 1. The Morgan fingerprint density at radius 2 is 1.80 bits per heavy atom. The number of aryl methyl sites for hydroxylation is 2. The zero-order valence-corrected chi connectivity index (χ0v) is 16.5. The van der Waals surface area contributed by atoms with Gasteiger partial charge in [-0.15, -0.1) is 0 Å². The third-order valence-electron chi connectivity index (χ3n) is 3.72. The van der Waals surface area contributed by atoms with E-state index < -0.39 is 0 Å². The monoisotopic (exact) mass is 416 g/mol. The Bertz CT molecular complexity index is 866. The summed E-state index contributed by atoms with van der Waals surface area (Å²) in [5.74, 6) is 0.652. The second-order valence-corrected chi connectivity index (χ2v) is 7.47. The largest absolute Gasteiger partial charge is 0.497 e. The lowest BCUT2D eigenvalue weighted by Gasteiger charge is -2.04. The molecule has 0 aromatic heterocycles. The Morgan fingerprint density at radius 3 is 2.40 bits per heavy atom. The van der Waals surface area contributed by atoms with E-state index in [1.54, 1.807) is 7.11 Å². The summed E-state index contributed by atoms with van der Waals surface area (Å²) in [4.78, 5) is 17.4. The van der Waals surface area contributed by atoms with E-state index in [1.165, 1.54) is 11.8 Å². The van der Waals surface area contributed by atoms with Crippen LogP contribution in [0.1, 0.15) is 16.7 Å². The number of thioether (sulfide) groups is 1. The Labute approximate surface area is 159 Å². The van der Waals surface area contributed by atoms with Gasteiger partial charge in [0.05, 0.1) is 17.7 Å². The van der Waals surface area contributed by atoms with Gasteiger partial charge in [0.15, 0.2) is 5.17 Å². The summed E-state index contributed by atoms with van der Waals surface area (Å²) in [5, 5.41) is 3.41. The van der Waals surface area contributed by atoms with E-state index in [0.717, 1.165) is 32.6 Å². The summed E-state index contributed by atoms with van der Waals surface area (Å²) in [7, 11) is 1.63. The average Bonchev–Trinajstić information content (AvgIpc) is 2.92. The van der Waals surface area contributed by atoms with Crippen molar-refractivity contribution in [3.05, 3.63) is 62.5 Å². The first kappa shape index (κ1) is 17.8. The van der Waals surface area contributed by atoms with E-state index in [9.17, 15) is 4.79 Å². The summed E-state index contributed by atoms with van der Waals surface area (Å²) in [6.07, 6.45) is 1.85. The van der Waals surface area contributed by atoms with Crippen molar-refractivity contribution in [1.82, 2.24) is 5.32 Å². The molecule has 1 heterocycles. The standard InChI is InChI=1S/C19H17BrN2O2S/c1-11-8-14(9-12(2)17(11)20)21-19-22-18(23)16(25-19)10-13-4-6-15(24-3)7-5-13/h4-10H,1-3H3,(H,21,22,23)/b16-10-. The van der Waals surface area contributed by atoms with Crippen molar-refractivity contribution < 1.29 is 9.53 Å². The molecule has 0 saturated carbocycles. The number of amidine groups is 1. The molecule has 0 radical (unpaired) electrons. The Morgan fingerprint density at radius 1 is 1.16 bits per heavy atom. The molecule has 3 rings (SSSR count). The minimum atomic E-state index is -0.134. The van der Waals surface area contributed by atoms with Gasteiger partial charge in [-0.05, 0) is 72.6 Å². The van der Waals surface area contributed by atoms with Gasteiger partial charge in [0.2, 0.25) is 0 Å². The van der Waals surface area contributed by atoms with Crippen LogP contribution in [0.2, 0.25) is 0 Å². The van der Waals surface area contributed by atoms with Crippen molar-refractivity contribution in [2.75, 3.05) is 7.11 Å². The minimum Gasteiger partial charge on any atom is -0.497 e. The van der Waals surface area contributed by atoms with E-state index in [0.29, 0.717) is 10.1 Å². The van der Waals surface area contributed by atoms with Crippen molar-refractivity contribution in [1.29, 1.82) is 0 Å². The van der Waals surface area contributed by atoms with Crippen molar-refractivity contribution in [3.63, 3.8) is 0 Å². The fourth-order valence-electron chi connectivity index (χ4n) is 2.44. The third kappa shape index (κ3) is 4.14. The number of hydrogen-bond acceptors (Lipinski definition) is 4. The van der Waals surface area contributed by atoms with Gasteiger partial charge < -0.3 is 10.1 Å². The van der Waals surface area contributed by atoms with Crippen LogP contribution in [-0.2, 0) is 4.79 Å². The number of nitrogens with zero attached hydrogens (tertiary/aromatic N) is 1. The predicted octanol–water partition coefficient (Wildman–Crippen LogP) is 4.97. The van der Waals surface area contributed by atoms with Crippen molar-refractivity contribution in [2.45, 2.75) is 13.8 Å². The van der Waals surface area contributed by atoms with Crippen LogP contribution < -0.4 is 10.1 Å². The highest BCUT2D eigenvalue weighted by Crippen LogP contribution is 2.31. The van der Waals surface area contributed by atoms with Gasteiger partial charge in [0.1, 0.15) is 5.75 Å². The number of hydrogen-bond donors (Lipinski definition) is 1. The van der Waals surface area contributed by atoms with E-state index in [2.05, 4.69) is 26.2 Å². The molecule has 1 aliphatic rings. The molecular formula is C19H17BrN2O2S. The van der Waals surface area contributed by atoms with Gasteiger partial charge in [-0.2, -0.15) is 0 Å². The fraction of sp³-hybridized carbons (Fsp3) is 0.158. The number of amides is 1. The molecule has 1 aliphatic heterocycles. The molecule has 4 nitrogen and oxygen atoms in total. The fourth-order valence-corrected chi connectivity index (χ4v) is 3.51. The van der Waals surface area contributed by atoms with Gasteiger partial charge in [-0.25, -0.2) is 4.99 Å². The van der Waals surface area contributed by atoms with Gasteiger partial charge in [0, 0.05) is 4.47 Å². The molecule has 0 bridgehead atoms. The van der Waals surface area contributed by atoms with Crippen molar-refractivity contribution in [2.24, 2.45) is 4.99 Å². The van der Waals surface area contributed by atoms with Crippen LogP contribution in [-0.4, -0.2) is 18.2 Å². The van der Waals surface area contributed by atoms with Crippen LogP contribution in [0.5, 0.6) is 5.75 Å². The van der Waals surface area contributed by atoms with Gasteiger partial charge in [-0.3, -0.25) is 4.79 Å². The van der Waals surface area contributed by atoms with E-state index in [-0.39, 0.29) is 5.91 Å². The molecule has 128 valence electrons. The number of aliphatic imine (C=N–C) groups is 1. The van der Waals surface area contributed by atoms with E-state index in [4.69, 9.17) is 4.74 Å². The quantitative estimate of drug-likeness (QED) is 0.718. The van der Waals surface area contributed by atoms with Crippen LogP contribution in [0.4, 0.5) is 5.69 Å². The summed E-state index contributed by atoms with van der Waals surface area (Å²) in [6.45, 7) is 4.05. The molecule has 0 spiro atoms. The van der Waals surface area contributed by atoms with Gasteiger partial charge in [0.25, 0.3) is 5.91 Å². The Kier molecular flexibility index (Phi) is 5.30. The third-order valence-corrected chi connectivity index (χ3v) is 5.88. The molecule has 2 aromatic rings. The number of halogens is 1. The molecule has 0 atom stereocenters. The second kappa shape index (κ2) is 7.45. The molecular weight excluding hydrogens is 400 g/mol. The normalized spacial score (nSPS) is 17.2. The number of benzene rings is 2. The summed E-state index contributed by atoms with van der Waals surface area (Å²) < 4.78 is 6.23. The molecule has 0 unspecified atom stereocenters. The highest BCUT2D eigenvalue weighted by Gasteiger charge is 2.23. The maximum Gasteiger partial charge on any atom is 0.264 e. The molecule has 0 aliphatic carbocycles. The number of ether oxygens (including phenoxy) is 1. The first-order valence-corrected chi connectivity index (χ1v) is 9.27. The minimum absolute atomic E-state index is 0.134. The second-order valence-electron chi connectivity index (χ2n) is 5.65. The molecule has 25 heavy (non-hydrogen) atoms. The van der Waals surface area contributed by atoms with Crippen LogP contribution in [0.25, 0.3) is 6.08 Å². The zero-order chi connectivity index (χ0) is 18.0. The van der Waals surface area contributed by atoms with Crippen LogP contribution in [0.3, 0.4) is 0 Å². The van der Waals surface area contributed by atoms with Gasteiger partial charge >= 0.3 is 0 Å². The highest BCUT2D eigenvalue weighted by molar-refractivity contribution is 9.10. The molecule has 6 heteroatoms. The smallest absolute Gasteiger partial charge is 0.264 e. The number of methoxy groups -OCH3 is 1.